The molecule has 0 radical (unpaired) electrons. The van der Waals surface area contributed by atoms with Crippen LogP contribution in [0.2, 0.25) is 0 Å². The average molecular weight is 337 g/mol. The Morgan fingerprint density at radius 1 is 1.35 bits per heavy atom. The number of benzene rings is 1. The van der Waals surface area contributed by atoms with E-state index in [1.54, 1.807) is 6.20 Å². The molecule has 104 valence electrons. The Kier molecular flexibility index (Phi) is 4.34. The number of halogens is 1. The van der Waals surface area contributed by atoms with Gasteiger partial charge < -0.3 is 10.4 Å². The summed E-state index contributed by atoms with van der Waals surface area (Å²) < 4.78 is 0.889. The summed E-state index contributed by atoms with van der Waals surface area (Å²) in [5.41, 5.74) is 1.26. The SMILES string of the molecule is Cc1ccc(Br)c2ccnc(C(=O)NCCC(=O)O)c12. The van der Waals surface area contributed by atoms with Gasteiger partial charge in [0, 0.05) is 28.0 Å². The number of nitrogens with one attached hydrogen (secondary N) is 1. The quantitative estimate of drug-likeness (QED) is 0.898. The van der Waals surface area contributed by atoms with Crippen molar-refractivity contribution in [3.63, 3.8) is 0 Å². The monoisotopic (exact) mass is 336 g/mol. The molecule has 1 aromatic heterocycles. The maximum absolute atomic E-state index is 12.1. The second kappa shape index (κ2) is 6.00. The standard InChI is InChI=1S/C14H13BrN2O3/c1-8-2-3-10(15)9-4-6-16-13(12(8)9)14(20)17-7-5-11(18)19/h2-4,6H,5,7H2,1H3,(H,17,20)(H,18,19). The van der Waals surface area contributed by atoms with Gasteiger partial charge in [0.05, 0.1) is 6.42 Å². The number of carbonyl (C=O) groups excluding carboxylic acids is 1. The predicted molar refractivity (Wildman–Crippen MR) is 78.8 cm³/mol. The van der Waals surface area contributed by atoms with Gasteiger partial charge in [-0.25, -0.2) is 0 Å². The van der Waals surface area contributed by atoms with Gasteiger partial charge in [0.2, 0.25) is 0 Å². The highest BCUT2D eigenvalue weighted by atomic mass is 79.9. The topological polar surface area (TPSA) is 79.3 Å². The normalized spacial score (nSPS) is 10.5. The van der Waals surface area contributed by atoms with Gasteiger partial charge in [-0.1, -0.05) is 22.0 Å². The molecular weight excluding hydrogens is 324 g/mol. The summed E-state index contributed by atoms with van der Waals surface area (Å²) in [5, 5.41) is 12.8. The van der Waals surface area contributed by atoms with E-state index in [9.17, 15) is 9.59 Å². The number of aliphatic carboxylic acids is 1. The van der Waals surface area contributed by atoms with Gasteiger partial charge in [0.1, 0.15) is 5.69 Å². The van der Waals surface area contributed by atoms with E-state index in [0.29, 0.717) is 5.69 Å². The van der Waals surface area contributed by atoms with Crippen LogP contribution in [-0.4, -0.2) is 28.5 Å². The smallest absolute Gasteiger partial charge is 0.305 e. The molecule has 0 aliphatic carbocycles. The summed E-state index contributed by atoms with van der Waals surface area (Å²) in [7, 11) is 0. The lowest BCUT2D eigenvalue weighted by Gasteiger charge is -2.09. The average Bonchev–Trinajstić information content (AvgIpc) is 2.42. The largest absolute Gasteiger partial charge is 0.481 e. The van der Waals surface area contributed by atoms with Crippen molar-refractivity contribution in [3.05, 3.63) is 40.1 Å². The third-order valence-corrected chi connectivity index (χ3v) is 3.61. The minimum atomic E-state index is -0.949. The molecule has 2 aromatic rings. The molecule has 0 unspecified atom stereocenters. The number of nitrogens with zero attached hydrogens (tertiary/aromatic N) is 1. The van der Waals surface area contributed by atoms with E-state index in [4.69, 9.17) is 5.11 Å². The minimum Gasteiger partial charge on any atom is -0.481 e. The number of carboxylic acids is 1. The second-order valence-electron chi connectivity index (χ2n) is 4.35. The van der Waals surface area contributed by atoms with Crippen molar-refractivity contribution >= 4 is 38.6 Å². The molecule has 0 spiro atoms. The van der Waals surface area contributed by atoms with Crippen LogP contribution >= 0.6 is 15.9 Å². The van der Waals surface area contributed by atoms with E-state index < -0.39 is 5.97 Å². The lowest BCUT2D eigenvalue weighted by Crippen LogP contribution is -2.27. The van der Waals surface area contributed by atoms with E-state index in [1.807, 2.05) is 25.1 Å². The van der Waals surface area contributed by atoms with Crippen molar-refractivity contribution in [2.24, 2.45) is 0 Å². The van der Waals surface area contributed by atoms with E-state index in [2.05, 4.69) is 26.2 Å². The number of amides is 1. The summed E-state index contributed by atoms with van der Waals surface area (Å²) in [6.07, 6.45) is 1.46. The van der Waals surface area contributed by atoms with E-state index in [1.165, 1.54) is 0 Å². The zero-order valence-electron chi connectivity index (χ0n) is 10.8. The Hall–Kier alpha value is -1.95. The van der Waals surface area contributed by atoms with Gasteiger partial charge in [-0.05, 0) is 24.6 Å². The summed E-state index contributed by atoms with van der Waals surface area (Å²) in [5.74, 6) is -1.31. The number of aromatic nitrogens is 1. The number of aryl methyl sites for hydroxylation is 1. The molecule has 1 heterocycles. The molecule has 0 saturated carbocycles. The summed E-state index contributed by atoms with van der Waals surface area (Å²) in [6, 6.07) is 5.66. The highest BCUT2D eigenvalue weighted by molar-refractivity contribution is 9.10. The molecule has 6 heteroatoms. The van der Waals surface area contributed by atoms with Crippen LogP contribution in [0.25, 0.3) is 10.8 Å². The third-order valence-electron chi connectivity index (χ3n) is 2.92. The highest BCUT2D eigenvalue weighted by Gasteiger charge is 2.14. The molecule has 0 atom stereocenters. The lowest BCUT2D eigenvalue weighted by atomic mass is 10.0. The number of hydrogen-bond donors (Lipinski definition) is 2. The Morgan fingerprint density at radius 2 is 2.10 bits per heavy atom. The third kappa shape index (κ3) is 2.96. The van der Waals surface area contributed by atoms with Crippen LogP contribution in [0.4, 0.5) is 0 Å². The van der Waals surface area contributed by atoms with Crippen molar-refractivity contribution < 1.29 is 14.7 Å². The summed E-state index contributed by atoms with van der Waals surface area (Å²) >= 11 is 3.45. The van der Waals surface area contributed by atoms with Gasteiger partial charge in [-0.2, -0.15) is 0 Å². The van der Waals surface area contributed by atoms with Crippen molar-refractivity contribution in [3.8, 4) is 0 Å². The van der Waals surface area contributed by atoms with Gasteiger partial charge >= 0.3 is 5.97 Å². The summed E-state index contributed by atoms with van der Waals surface area (Å²) in [6.45, 7) is 1.99. The summed E-state index contributed by atoms with van der Waals surface area (Å²) in [4.78, 5) is 26.7. The lowest BCUT2D eigenvalue weighted by molar-refractivity contribution is -0.136. The van der Waals surface area contributed by atoms with Crippen LogP contribution in [-0.2, 0) is 4.79 Å². The second-order valence-corrected chi connectivity index (χ2v) is 5.20. The number of hydrogen-bond acceptors (Lipinski definition) is 3. The molecule has 0 aliphatic rings. The number of rotatable bonds is 4. The fraction of sp³-hybridized carbons (Fsp3) is 0.214. The first-order valence-electron chi connectivity index (χ1n) is 6.04. The first-order chi connectivity index (χ1) is 9.50. The van der Waals surface area contributed by atoms with Gasteiger partial charge in [0.15, 0.2) is 0 Å². The zero-order chi connectivity index (χ0) is 14.7. The fourth-order valence-electron chi connectivity index (χ4n) is 1.97. The van der Waals surface area contributed by atoms with E-state index >= 15 is 0 Å². The number of pyridine rings is 1. The molecule has 5 nitrogen and oxygen atoms in total. The van der Waals surface area contributed by atoms with Crippen molar-refractivity contribution in [2.75, 3.05) is 6.54 Å². The van der Waals surface area contributed by atoms with Crippen LogP contribution in [0, 0.1) is 6.92 Å². The zero-order valence-corrected chi connectivity index (χ0v) is 12.4. The Labute approximate surface area is 124 Å². The molecule has 0 aliphatic heterocycles. The van der Waals surface area contributed by atoms with Crippen LogP contribution < -0.4 is 5.32 Å². The first-order valence-corrected chi connectivity index (χ1v) is 6.84. The van der Waals surface area contributed by atoms with Crippen LogP contribution in [0.15, 0.2) is 28.9 Å². The number of carbonyl (C=O) groups is 2. The maximum Gasteiger partial charge on any atom is 0.305 e. The van der Waals surface area contributed by atoms with Crippen LogP contribution in [0.3, 0.4) is 0 Å². The van der Waals surface area contributed by atoms with Crippen LogP contribution in [0.5, 0.6) is 0 Å². The van der Waals surface area contributed by atoms with Gasteiger partial charge in [0.25, 0.3) is 5.91 Å². The molecule has 1 amide bonds. The van der Waals surface area contributed by atoms with Crippen LogP contribution in [0.1, 0.15) is 22.5 Å². The minimum absolute atomic E-state index is 0.0826. The predicted octanol–water partition coefficient (Wildman–Crippen LogP) is 2.51. The van der Waals surface area contributed by atoms with Crippen molar-refractivity contribution in [2.45, 2.75) is 13.3 Å². The van der Waals surface area contributed by atoms with Crippen molar-refractivity contribution in [1.82, 2.24) is 10.3 Å². The highest BCUT2D eigenvalue weighted by Crippen LogP contribution is 2.28. The molecule has 2 rings (SSSR count). The van der Waals surface area contributed by atoms with E-state index in [-0.39, 0.29) is 18.9 Å². The molecule has 20 heavy (non-hydrogen) atoms. The number of fused-ring (bicyclic) bond motifs is 1. The van der Waals surface area contributed by atoms with Gasteiger partial charge in [-0.15, -0.1) is 0 Å². The first kappa shape index (κ1) is 14.5. The molecule has 0 bridgehead atoms. The number of carboxylic acid groups (broad SMARTS) is 1. The Bertz CT molecular complexity index is 685. The molecular formula is C14H13BrN2O3. The van der Waals surface area contributed by atoms with E-state index in [0.717, 1.165) is 20.8 Å². The molecule has 1 aromatic carbocycles. The maximum atomic E-state index is 12.1. The fourth-order valence-corrected chi connectivity index (χ4v) is 2.43. The van der Waals surface area contributed by atoms with Crippen molar-refractivity contribution in [1.29, 1.82) is 0 Å². The van der Waals surface area contributed by atoms with Gasteiger partial charge in [-0.3, -0.25) is 14.6 Å². The Morgan fingerprint density at radius 3 is 2.80 bits per heavy atom. The molecule has 2 N–H and O–H groups in total. The Balaban J connectivity index is 2.37. The molecule has 0 fully saturated rings. The molecule has 0 saturated heterocycles.